The van der Waals surface area contributed by atoms with Crippen LogP contribution in [-0.4, -0.2) is 33.9 Å². The monoisotopic (exact) mass is 381 g/mol. The van der Waals surface area contributed by atoms with Gasteiger partial charge in [-0.25, -0.2) is 0 Å². The highest BCUT2D eigenvalue weighted by Crippen LogP contribution is 2.32. The molecule has 29 heavy (non-hydrogen) atoms. The number of fused-ring (bicyclic) bond motifs is 1. The van der Waals surface area contributed by atoms with E-state index in [1.807, 2.05) is 59.6 Å². The van der Waals surface area contributed by atoms with Gasteiger partial charge in [0.1, 0.15) is 0 Å². The van der Waals surface area contributed by atoms with Crippen LogP contribution >= 0.6 is 0 Å². The van der Waals surface area contributed by atoms with Crippen molar-refractivity contribution in [1.82, 2.24) is 14.9 Å². The molecule has 2 aromatic heterocycles. The fourth-order valence-corrected chi connectivity index (χ4v) is 4.30. The van der Waals surface area contributed by atoms with Crippen LogP contribution in [0.4, 0.5) is 0 Å². The second-order valence-electron chi connectivity index (χ2n) is 7.65. The fourth-order valence-electron chi connectivity index (χ4n) is 4.30. The zero-order valence-corrected chi connectivity index (χ0v) is 16.2. The molecule has 2 aromatic carbocycles. The fraction of sp³-hybridized carbons (Fsp3) is 0.200. The van der Waals surface area contributed by atoms with Crippen molar-refractivity contribution in [1.29, 1.82) is 0 Å². The number of likely N-dealkylation sites (tertiary alicyclic amines) is 1. The van der Waals surface area contributed by atoms with Crippen molar-refractivity contribution in [2.24, 2.45) is 0 Å². The van der Waals surface area contributed by atoms with Gasteiger partial charge in [-0.2, -0.15) is 0 Å². The highest BCUT2D eigenvalue weighted by Gasteiger charge is 2.26. The third-order valence-electron chi connectivity index (χ3n) is 5.93. The number of pyridine rings is 1. The van der Waals surface area contributed by atoms with Crippen molar-refractivity contribution in [3.63, 3.8) is 0 Å². The molecule has 0 saturated carbocycles. The predicted molar refractivity (Wildman–Crippen MR) is 116 cm³/mol. The molecule has 4 heteroatoms. The molecule has 0 atom stereocenters. The van der Waals surface area contributed by atoms with Crippen LogP contribution in [0, 0.1) is 0 Å². The Morgan fingerprint density at radius 1 is 0.897 bits per heavy atom. The first-order chi connectivity index (χ1) is 14.3. The lowest BCUT2D eigenvalue weighted by Crippen LogP contribution is -2.37. The maximum atomic E-state index is 13.0. The molecular weight excluding hydrogens is 358 g/mol. The normalized spacial score (nSPS) is 15.0. The van der Waals surface area contributed by atoms with Crippen LogP contribution < -0.4 is 0 Å². The number of aromatic nitrogens is 2. The molecule has 0 unspecified atom stereocenters. The maximum absolute atomic E-state index is 13.0. The van der Waals surface area contributed by atoms with Crippen LogP contribution in [0.15, 0.2) is 79.1 Å². The van der Waals surface area contributed by atoms with Crippen LogP contribution in [0.5, 0.6) is 0 Å². The number of rotatable bonds is 3. The zero-order chi connectivity index (χ0) is 19.6. The van der Waals surface area contributed by atoms with Crippen LogP contribution in [0.3, 0.4) is 0 Å². The Bertz CT molecular complexity index is 1120. The third-order valence-corrected chi connectivity index (χ3v) is 5.93. The van der Waals surface area contributed by atoms with E-state index < -0.39 is 0 Å². The molecule has 1 N–H and O–H groups in total. The quantitative estimate of drug-likeness (QED) is 0.527. The molecule has 0 bridgehead atoms. The SMILES string of the molecule is O=C(c1ccc(-c2ccccc2)cc1)N1CCC(c2c[nH]c3cccnc23)CC1. The van der Waals surface area contributed by atoms with Gasteiger partial charge in [0.25, 0.3) is 5.91 Å². The van der Waals surface area contributed by atoms with E-state index in [1.165, 1.54) is 11.1 Å². The van der Waals surface area contributed by atoms with Crippen LogP contribution in [0.25, 0.3) is 22.2 Å². The Kier molecular flexibility index (Phi) is 4.60. The molecule has 4 nitrogen and oxygen atoms in total. The van der Waals surface area contributed by atoms with Crippen molar-refractivity contribution < 1.29 is 4.79 Å². The predicted octanol–water partition coefficient (Wildman–Crippen LogP) is 5.25. The molecule has 0 radical (unpaired) electrons. The molecule has 3 heterocycles. The summed E-state index contributed by atoms with van der Waals surface area (Å²) in [7, 11) is 0. The maximum Gasteiger partial charge on any atom is 0.253 e. The molecule has 1 saturated heterocycles. The molecular formula is C25H23N3O. The summed E-state index contributed by atoms with van der Waals surface area (Å²) in [4.78, 5) is 22.8. The zero-order valence-electron chi connectivity index (χ0n) is 16.2. The van der Waals surface area contributed by atoms with Crippen molar-refractivity contribution >= 4 is 16.9 Å². The number of hydrogen-bond acceptors (Lipinski definition) is 2. The van der Waals surface area contributed by atoms with E-state index >= 15 is 0 Å². The molecule has 0 aliphatic carbocycles. The Labute approximate surface area is 170 Å². The van der Waals surface area contributed by atoms with Gasteiger partial charge < -0.3 is 9.88 Å². The number of carbonyl (C=O) groups is 1. The van der Waals surface area contributed by atoms with Gasteiger partial charge in [-0.05, 0) is 59.7 Å². The lowest BCUT2D eigenvalue weighted by Gasteiger charge is -2.32. The summed E-state index contributed by atoms with van der Waals surface area (Å²) in [5.74, 6) is 0.572. The Morgan fingerprint density at radius 3 is 2.38 bits per heavy atom. The van der Waals surface area contributed by atoms with Gasteiger partial charge >= 0.3 is 0 Å². The van der Waals surface area contributed by atoms with Crippen LogP contribution in [0.1, 0.15) is 34.7 Å². The van der Waals surface area contributed by atoms with E-state index in [9.17, 15) is 4.79 Å². The standard InChI is InChI=1S/C25H23N3O/c29-25(21-10-8-19(9-11-21)18-5-2-1-3-6-18)28-15-12-20(13-16-28)22-17-27-23-7-4-14-26-24(22)23/h1-11,14,17,20,27H,12-13,15-16H2. The first-order valence-electron chi connectivity index (χ1n) is 10.2. The highest BCUT2D eigenvalue weighted by molar-refractivity contribution is 5.94. The minimum atomic E-state index is 0.125. The molecule has 4 aromatic rings. The number of benzene rings is 2. The largest absolute Gasteiger partial charge is 0.360 e. The van der Waals surface area contributed by atoms with Gasteiger partial charge in [-0.3, -0.25) is 9.78 Å². The summed E-state index contributed by atoms with van der Waals surface area (Å²) in [6.07, 6.45) is 5.87. The molecule has 0 spiro atoms. The summed E-state index contributed by atoms with van der Waals surface area (Å²) in [6, 6.07) is 22.2. The number of carbonyl (C=O) groups excluding carboxylic acids is 1. The van der Waals surface area contributed by atoms with E-state index in [2.05, 4.69) is 34.4 Å². The summed E-state index contributed by atoms with van der Waals surface area (Å²) in [6.45, 7) is 1.56. The minimum absolute atomic E-state index is 0.125. The lowest BCUT2D eigenvalue weighted by molar-refractivity contribution is 0.0713. The molecule has 1 fully saturated rings. The Hall–Kier alpha value is -3.40. The first-order valence-corrected chi connectivity index (χ1v) is 10.2. The van der Waals surface area contributed by atoms with Crippen molar-refractivity contribution in [3.05, 3.63) is 90.3 Å². The number of amides is 1. The second-order valence-corrected chi connectivity index (χ2v) is 7.65. The minimum Gasteiger partial charge on any atom is -0.360 e. The molecule has 1 aliphatic rings. The third kappa shape index (κ3) is 3.42. The first kappa shape index (κ1) is 17.7. The van der Waals surface area contributed by atoms with Gasteiger partial charge in [-0.15, -0.1) is 0 Å². The molecule has 5 rings (SSSR count). The van der Waals surface area contributed by atoms with E-state index in [1.54, 1.807) is 0 Å². The van der Waals surface area contributed by atoms with Gasteiger partial charge in [0.15, 0.2) is 0 Å². The number of nitrogens with one attached hydrogen (secondary N) is 1. The van der Waals surface area contributed by atoms with E-state index in [4.69, 9.17) is 0 Å². The Morgan fingerprint density at radius 2 is 1.62 bits per heavy atom. The van der Waals surface area contributed by atoms with Crippen molar-refractivity contribution in [3.8, 4) is 11.1 Å². The molecule has 1 amide bonds. The summed E-state index contributed by atoms with van der Waals surface area (Å²) < 4.78 is 0. The lowest BCUT2D eigenvalue weighted by atomic mass is 9.90. The number of aromatic amines is 1. The average Bonchev–Trinajstić information content (AvgIpc) is 3.24. The van der Waals surface area contributed by atoms with Crippen molar-refractivity contribution in [2.75, 3.05) is 13.1 Å². The highest BCUT2D eigenvalue weighted by atomic mass is 16.2. The smallest absolute Gasteiger partial charge is 0.253 e. The average molecular weight is 381 g/mol. The number of nitrogens with zero attached hydrogens (tertiary/aromatic N) is 2. The topological polar surface area (TPSA) is 49.0 Å². The summed E-state index contributed by atoms with van der Waals surface area (Å²) >= 11 is 0. The van der Waals surface area contributed by atoms with Crippen molar-refractivity contribution in [2.45, 2.75) is 18.8 Å². The number of piperidine rings is 1. The van der Waals surface area contributed by atoms with Gasteiger partial charge in [-0.1, -0.05) is 42.5 Å². The van der Waals surface area contributed by atoms with E-state index in [0.717, 1.165) is 48.1 Å². The molecule has 1 aliphatic heterocycles. The van der Waals surface area contributed by atoms with E-state index in [0.29, 0.717) is 5.92 Å². The van der Waals surface area contributed by atoms with Crippen LogP contribution in [-0.2, 0) is 0 Å². The summed E-state index contributed by atoms with van der Waals surface area (Å²) in [5.41, 5.74) is 6.48. The van der Waals surface area contributed by atoms with E-state index in [-0.39, 0.29) is 5.91 Å². The van der Waals surface area contributed by atoms with Crippen LogP contribution in [0.2, 0.25) is 0 Å². The number of hydrogen-bond donors (Lipinski definition) is 1. The van der Waals surface area contributed by atoms with Gasteiger partial charge in [0.2, 0.25) is 0 Å². The van der Waals surface area contributed by atoms with Gasteiger partial charge in [0.05, 0.1) is 11.0 Å². The van der Waals surface area contributed by atoms with Gasteiger partial charge in [0, 0.05) is 31.0 Å². The molecule has 144 valence electrons. The summed E-state index contributed by atoms with van der Waals surface area (Å²) in [5, 5.41) is 0. The number of H-pyrrole nitrogens is 1. The second kappa shape index (κ2) is 7.55. The Balaban J connectivity index is 1.26.